The number of fused-ring (bicyclic) bond motifs is 1. The summed E-state index contributed by atoms with van der Waals surface area (Å²) in [5.41, 5.74) is 2.30. The normalized spacial score (nSPS) is 17.6. The van der Waals surface area contributed by atoms with E-state index in [0.717, 1.165) is 5.56 Å². The van der Waals surface area contributed by atoms with Gasteiger partial charge in [0.1, 0.15) is 11.4 Å². The Morgan fingerprint density at radius 2 is 1.79 bits per heavy atom. The van der Waals surface area contributed by atoms with Crippen LogP contribution in [0.4, 0.5) is 5.82 Å². The zero-order valence-corrected chi connectivity index (χ0v) is 19.4. The molecule has 0 spiro atoms. The topological polar surface area (TPSA) is 121 Å². The lowest BCUT2D eigenvalue weighted by Gasteiger charge is -2.33. The fourth-order valence-corrected chi connectivity index (χ4v) is 4.90. The van der Waals surface area contributed by atoms with E-state index in [1.165, 1.54) is 0 Å². The first-order valence-corrected chi connectivity index (χ1v) is 12.5. The van der Waals surface area contributed by atoms with E-state index >= 15 is 0 Å². The number of hydrogen-bond acceptors (Lipinski definition) is 9. The van der Waals surface area contributed by atoms with Gasteiger partial charge in [-0.1, -0.05) is 12.1 Å². The molecule has 1 aromatic carbocycles. The van der Waals surface area contributed by atoms with Crippen molar-refractivity contribution in [2.45, 2.75) is 0 Å². The Morgan fingerprint density at radius 3 is 2.50 bits per heavy atom. The summed E-state index contributed by atoms with van der Waals surface area (Å²) >= 11 is 0. The summed E-state index contributed by atoms with van der Waals surface area (Å²) in [6, 6.07) is 6.88. The van der Waals surface area contributed by atoms with E-state index in [-0.39, 0.29) is 17.5 Å². The summed E-state index contributed by atoms with van der Waals surface area (Å²) < 4.78 is 29.3. The molecular formula is C22H26N6O5S. The maximum absolute atomic E-state index is 13.2. The number of rotatable bonds is 5. The summed E-state index contributed by atoms with van der Waals surface area (Å²) in [6.45, 7) is 4.37. The predicted molar refractivity (Wildman–Crippen MR) is 126 cm³/mol. The van der Waals surface area contributed by atoms with Crippen molar-refractivity contribution in [3.63, 3.8) is 0 Å². The highest BCUT2D eigenvalue weighted by Crippen LogP contribution is 2.28. The molecule has 180 valence electrons. The summed E-state index contributed by atoms with van der Waals surface area (Å²) in [5.74, 6) is 0.626. The number of piperazine rings is 1. The maximum atomic E-state index is 13.2. The summed E-state index contributed by atoms with van der Waals surface area (Å²) in [4.78, 5) is 28.3. The van der Waals surface area contributed by atoms with Crippen molar-refractivity contribution in [1.82, 2.24) is 24.2 Å². The number of benzene rings is 1. The molecule has 5 rings (SSSR count). The minimum absolute atomic E-state index is 0.0120. The van der Waals surface area contributed by atoms with Crippen molar-refractivity contribution in [1.29, 1.82) is 0 Å². The molecule has 0 unspecified atom stereocenters. The Labute approximate surface area is 198 Å². The second-order valence-electron chi connectivity index (χ2n) is 8.34. The zero-order chi connectivity index (χ0) is 23.7. The number of phenols is 1. The van der Waals surface area contributed by atoms with Crippen LogP contribution in [0.2, 0.25) is 0 Å². The van der Waals surface area contributed by atoms with Crippen LogP contribution < -0.4 is 4.90 Å². The van der Waals surface area contributed by atoms with Crippen molar-refractivity contribution in [3.8, 4) is 17.0 Å². The van der Waals surface area contributed by atoms with Crippen LogP contribution in [0, 0.1) is 0 Å². The van der Waals surface area contributed by atoms with Crippen LogP contribution in [0.15, 0.2) is 36.7 Å². The minimum atomic E-state index is -2.47. The molecule has 2 saturated heterocycles. The fourth-order valence-electron chi connectivity index (χ4n) is 4.29. The minimum Gasteiger partial charge on any atom is -0.508 e. The number of nitrogens with zero attached hydrogens (tertiary/aromatic N) is 6. The number of morpholine rings is 1. The smallest absolute Gasteiger partial charge is 0.274 e. The Kier molecular flexibility index (Phi) is 6.35. The highest BCUT2D eigenvalue weighted by molar-refractivity contribution is 7.72. The van der Waals surface area contributed by atoms with Gasteiger partial charge in [0, 0.05) is 57.2 Å². The molecule has 2 fully saturated rings. The van der Waals surface area contributed by atoms with Crippen LogP contribution in [0.3, 0.4) is 0 Å². The molecule has 0 saturated carbocycles. The highest BCUT2D eigenvalue weighted by Gasteiger charge is 2.26. The number of aromatic hydroxyl groups is 1. The van der Waals surface area contributed by atoms with Crippen LogP contribution in [0.25, 0.3) is 16.9 Å². The standard InChI is InChI=1S/C22H26N6O5S/c29-17-3-1-2-16(12-17)18-13-28-14-19(22(30)27-6-4-25(5-7-27)15-34(31)32)24-21(28)20(23-18)26-8-10-33-11-9-26/h1-3,12-14,29,34H,4-11,15H2. The number of hydrogen-bond donors (Lipinski definition) is 2. The van der Waals surface area contributed by atoms with Crippen molar-refractivity contribution < 1.29 is 23.1 Å². The van der Waals surface area contributed by atoms with Gasteiger partial charge in [0.15, 0.2) is 22.2 Å². The second-order valence-corrected chi connectivity index (χ2v) is 9.29. The number of amides is 1. The van der Waals surface area contributed by atoms with Gasteiger partial charge in [-0.3, -0.25) is 9.69 Å². The van der Waals surface area contributed by atoms with E-state index in [0.29, 0.717) is 75.3 Å². The van der Waals surface area contributed by atoms with Gasteiger partial charge in [-0.05, 0) is 12.1 Å². The van der Waals surface area contributed by atoms with Crippen molar-refractivity contribution in [2.24, 2.45) is 0 Å². The quantitative estimate of drug-likeness (QED) is 0.490. The van der Waals surface area contributed by atoms with Gasteiger partial charge in [-0.2, -0.15) is 0 Å². The largest absolute Gasteiger partial charge is 0.508 e. The zero-order valence-electron chi connectivity index (χ0n) is 18.5. The molecule has 2 aliphatic rings. The van der Waals surface area contributed by atoms with Gasteiger partial charge in [0.05, 0.1) is 24.8 Å². The van der Waals surface area contributed by atoms with E-state index in [4.69, 9.17) is 9.72 Å². The Balaban J connectivity index is 1.48. The lowest BCUT2D eigenvalue weighted by atomic mass is 10.1. The molecule has 3 aromatic rings. The third kappa shape index (κ3) is 4.69. The molecule has 11 nitrogen and oxygen atoms in total. The lowest BCUT2D eigenvalue weighted by molar-refractivity contribution is 0.0652. The SMILES string of the molecule is O=C(c1cn2cc(-c3cccc(O)c3)nc(N3CCOCC3)c2n1)N1CCN(C[SH](=O)=O)CC1. The van der Waals surface area contributed by atoms with Crippen LogP contribution in [0.5, 0.6) is 5.75 Å². The second kappa shape index (κ2) is 9.57. The number of anilines is 1. The average Bonchev–Trinajstić information content (AvgIpc) is 3.28. The number of ether oxygens (including phenoxy) is 1. The lowest BCUT2D eigenvalue weighted by Crippen LogP contribution is -2.49. The van der Waals surface area contributed by atoms with Gasteiger partial charge < -0.3 is 24.0 Å². The predicted octanol–water partition coefficient (Wildman–Crippen LogP) is 0.265. The Morgan fingerprint density at radius 1 is 1.03 bits per heavy atom. The van der Waals surface area contributed by atoms with Crippen LogP contribution in [-0.2, 0) is 15.4 Å². The van der Waals surface area contributed by atoms with Crippen LogP contribution >= 0.6 is 0 Å². The highest BCUT2D eigenvalue weighted by atomic mass is 32.2. The molecule has 2 aliphatic heterocycles. The molecule has 34 heavy (non-hydrogen) atoms. The van der Waals surface area contributed by atoms with Crippen LogP contribution in [0.1, 0.15) is 10.5 Å². The number of carbonyl (C=O) groups excluding carboxylic acids is 1. The number of imidazole rings is 1. The van der Waals surface area contributed by atoms with Crippen molar-refractivity contribution in [2.75, 3.05) is 63.3 Å². The summed E-state index contributed by atoms with van der Waals surface area (Å²) in [5, 5.41) is 9.93. The molecule has 4 heterocycles. The van der Waals surface area contributed by atoms with Gasteiger partial charge >= 0.3 is 0 Å². The number of aromatic nitrogens is 3. The molecular weight excluding hydrogens is 460 g/mol. The monoisotopic (exact) mass is 486 g/mol. The van der Waals surface area contributed by atoms with Gasteiger partial charge in [0.2, 0.25) is 0 Å². The molecule has 1 amide bonds. The molecule has 0 bridgehead atoms. The molecule has 12 heteroatoms. The third-order valence-electron chi connectivity index (χ3n) is 6.07. The number of carbonyl (C=O) groups is 1. The van der Waals surface area contributed by atoms with Crippen molar-refractivity contribution in [3.05, 3.63) is 42.4 Å². The summed E-state index contributed by atoms with van der Waals surface area (Å²) in [6.07, 6.45) is 3.51. The average molecular weight is 487 g/mol. The van der Waals surface area contributed by atoms with E-state index < -0.39 is 10.7 Å². The molecule has 0 atom stereocenters. The van der Waals surface area contributed by atoms with E-state index in [2.05, 4.69) is 9.88 Å². The Hall–Kier alpha value is -3.22. The molecule has 0 radical (unpaired) electrons. The Bertz CT molecular complexity index is 1270. The van der Waals surface area contributed by atoms with E-state index in [1.807, 2.05) is 15.4 Å². The van der Waals surface area contributed by atoms with Crippen LogP contribution in [-0.4, -0.2) is 102 Å². The molecule has 2 aromatic heterocycles. The number of thiol groups is 1. The summed E-state index contributed by atoms with van der Waals surface area (Å²) in [7, 11) is -2.47. The van der Waals surface area contributed by atoms with E-state index in [9.17, 15) is 18.3 Å². The van der Waals surface area contributed by atoms with Gasteiger partial charge in [-0.25, -0.2) is 18.4 Å². The molecule has 0 aliphatic carbocycles. The fraction of sp³-hybridized carbons (Fsp3) is 0.409. The first-order valence-electron chi connectivity index (χ1n) is 11.1. The van der Waals surface area contributed by atoms with Crippen molar-refractivity contribution >= 4 is 28.1 Å². The first-order chi connectivity index (χ1) is 16.5. The third-order valence-corrected chi connectivity index (χ3v) is 6.70. The van der Waals surface area contributed by atoms with Gasteiger partial charge in [-0.15, -0.1) is 0 Å². The number of phenolic OH excluding ortho intramolecular Hbond substituents is 1. The van der Waals surface area contributed by atoms with Gasteiger partial charge in [0.25, 0.3) is 5.91 Å². The first kappa shape index (κ1) is 22.6. The molecule has 1 N–H and O–H groups in total. The maximum Gasteiger partial charge on any atom is 0.274 e. The van der Waals surface area contributed by atoms with E-state index in [1.54, 1.807) is 35.5 Å².